The second-order valence-corrected chi connectivity index (χ2v) is 5.75. The molecule has 4 aromatic heterocycles. The number of fused-ring (bicyclic) bond motifs is 1. The zero-order valence-corrected chi connectivity index (χ0v) is 14.3. The number of H-pyrrole nitrogens is 1. The van der Waals surface area contributed by atoms with Gasteiger partial charge in [0.25, 0.3) is 0 Å². The van der Waals surface area contributed by atoms with Crippen LogP contribution >= 0.6 is 0 Å². The molecule has 0 unspecified atom stereocenters. The maximum absolute atomic E-state index is 13.1. The minimum Gasteiger partial charge on any atom is -0.417 e. The van der Waals surface area contributed by atoms with E-state index in [0.29, 0.717) is 22.7 Å². The first-order valence-electron chi connectivity index (χ1n) is 8.08. The van der Waals surface area contributed by atoms with Crippen LogP contribution in [0.3, 0.4) is 0 Å². The Morgan fingerprint density at radius 1 is 1.14 bits per heavy atom. The first-order valence-corrected chi connectivity index (χ1v) is 8.08. The number of aromatic amines is 1. The van der Waals surface area contributed by atoms with Gasteiger partial charge in [0.1, 0.15) is 11.3 Å². The highest BCUT2D eigenvalue weighted by Crippen LogP contribution is 2.23. The van der Waals surface area contributed by atoms with Crippen molar-refractivity contribution in [1.82, 2.24) is 34.9 Å². The van der Waals surface area contributed by atoms with Gasteiger partial charge in [-0.05, 0) is 19.1 Å². The molecule has 28 heavy (non-hydrogen) atoms. The molecule has 4 rings (SSSR count). The number of anilines is 2. The highest BCUT2D eigenvalue weighted by molar-refractivity contribution is 5.72. The third-order valence-corrected chi connectivity index (χ3v) is 3.87. The largest absolute Gasteiger partial charge is 0.417 e. The minimum atomic E-state index is -2.96. The Bertz CT molecular complexity index is 1090. The van der Waals surface area contributed by atoms with Crippen LogP contribution in [0.4, 0.5) is 24.8 Å². The molecule has 144 valence electrons. The van der Waals surface area contributed by atoms with Crippen LogP contribution in [-0.2, 0) is 0 Å². The molecule has 0 aromatic carbocycles. The molecule has 0 aliphatic heterocycles. The van der Waals surface area contributed by atoms with Crippen LogP contribution in [-0.4, -0.2) is 41.5 Å². The summed E-state index contributed by atoms with van der Waals surface area (Å²) in [5.41, 5.74) is 1.61. The lowest BCUT2D eigenvalue weighted by Crippen LogP contribution is -2.11. The van der Waals surface area contributed by atoms with E-state index < -0.39 is 12.4 Å². The van der Waals surface area contributed by atoms with E-state index in [9.17, 15) is 13.2 Å². The van der Waals surface area contributed by atoms with Gasteiger partial charge in [-0.1, -0.05) is 0 Å². The van der Waals surface area contributed by atoms with Gasteiger partial charge in [0.15, 0.2) is 17.3 Å². The first-order chi connectivity index (χ1) is 13.5. The number of nitrogens with zero attached hydrogens (tertiary/aromatic N) is 6. The molecule has 0 aliphatic carbocycles. The van der Waals surface area contributed by atoms with Crippen LogP contribution in [0.5, 0.6) is 5.88 Å². The molecule has 9 nitrogen and oxygen atoms in total. The molecule has 0 saturated heterocycles. The number of hydrogen-bond acceptors (Lipinski definition) is 7. The van der Waals surface area contributed by atoms with E-state index in [1.54, 1.807) is 16.9 Å². The lowest BCUT2D eigenvalue weighted by Gasteiger charge is -2.12. The van der Waals surface area contributed by atoms with E-state index in [4.69, 9.17) is 0 Å². The van der Waals surface area contributed by atoms with Gasteiger partial charge in [-0.25, -0.2) is 24.1 Å². The lowest BCUT2D eigenvalue weighted by molar-refractivity contribution is -0.0528. The van der Waals surface area contributed by atoms with E-state index in [-0.39, 0.29) is 17.7 Å². The van der Waals surface area contributed by atoms with Crippen LogP contribution in [0.25, 0.3) is 11.2 Å². The van der Waals surface area contributed by atoms with Crippen molar-refractivity contribution in [1.29, 1.82) is 0 Å². The fraction of sp³-hybridized carbons (Fsp3) is 0.188. The summed E-state index contributed by atoms with van der Waals surface area (Å²) in [7, 11) is 0. The fourth-order valence-electron chi connectivity index (χ4n) is 2.58. The van der Waals surface area contributed by atoms with Gasteiger partial charge in [-0.15, -0.1) is 0 Å². The van der Waals surface area contributed by atoms with Crippen molar-refractivity contribution in [2.45, 2.75) is 19.6 Å². The van der Waals surface area contributed by atoms with Gasteiger partial charge in [-0.2, -0.15) is 19.0 Å². The van der Waals surface area contributed by atoms with Crippen LogP contribution in [0.1, 0.15) is 18.7 Å². The quantitative estimate of drug-likeness (QED) is 0.521. The van der Waals surface area contributed by atoms with Crippen LogP contribution in [0, 0.1) is 5.82 Å². The number of ether oxygens (including phenoxy) is 1. The Hall–Kier alpha value is -3.70. The Kier molecular flexibility index (Phi) is 4.51. The molecule has 12 heteroatoms. The molecule has 0 aliphatic rings. The van der Waals surface area contributed by atoms with Gasteiger partial charge in [0, 0.05) is 6.07 Å². The van der Waals surface area contributed by atoms with Gasteiger partial charge >= 0.3 is 6.61 Å². The van der Waals surface area contributed by atoms with Crippen LogP contribution in [0.15, 0.2) is 36.8 Å². The van der Waals surface area contributed by atoms with E-state index in [1.807, 2.05) is 6.92 Å². The van der Waals surface area contributed by atoms with Crippen molar-refractivity contribution in [3.05, 3.63) is 48.3 Å². The molecule has 2 N–H and O–H groups in total. The van der Waals surface area contributed by atoms with Crippen molar-refractivity contribution < 1.29 is 17.9 Å². The molecule has 0 saturated carbocycles. The second-order valence-electron chi connectivity index (χ2n) is 5.75. The molecule has 1 atom stereocenters. The zero-order chi connectivity index (χ0) is 19.7. The third-order valence-electron chi connectivity index (χ3n) is 3.87. The number of aromatic nitrogens is 7. The smallest absolute Gasteiger partial charge is 0.388 e. The standard InChI is InChI=1S/C16H13F3N8O/c1-8(10-3-2-9(17)5-20-10)27-15-11(6-22-27)21-7-13(24-15)23-12-4-14(26-25-12)28-16(18)19/h2-8,16H,1H3,(H2,23,24,25,26)/t8-/m0/s1. The molecule has 0 bridgehead atoms. The Balaban J connectivity index is 1.60. The van der Waals surface area contributed by atoms with E-state index in [1.165, 1.54) is 18.3 Å². The number of halogens is 3. The summed E-state index contributed by atoms with van der Waals surface area (Å²) in [4.78, 5) is 12.8. The zero-order valence-electron chi connectivity index (χ0n) is 14.3. The summed E-state index contributed by atoms with van der Waals surface area (Å²) in [6.45, 7) is -1.11. The molecule has 0 spiro atoms. The predicted octanol–water partition coefficient (Wildman–Crippen LogP) is 3.04. The minimum absolute atomic E-state index is 0.187. The Morgan fingerprint density at radius 2 is 2.00 bits per heavy atom. The van der Waals surface area contributed by atoms with Crippen LogP contribution in [0.2, 0.25) is 0 Å². The SMILES string of the molecule is C[C@@H](c1ccc(F)cn1)n1ncc2ncc(Nc3cc(OC(F)F)[nH]n3)nc21. The molecule has 0 amide bonds. The second kappa shape index (κ2) is 7.13. The number of nitrogens with one attached hydrogen (secondary N) is 2. The number of rotatable bonds is 6. The Labute approximate surface area is 155 Å². The summed E-state index contributed by atoms with van der Waals surface area (Å²) >= 11 is 0. The van der Waals surface area contributed by atoms with Crippen molar-refractivity contribution in [3.8, 4) is 5.88 Å². The number of pyridine rings is 1. The lowest BCUT2D eigenvalue weighted by atomic mass is 10.2. The maximum Gasteiger partial charge on any atom is 0.388 e. The van der Waals surface area contributed by atoms with Crippen molar-refractivity contribution in [3.63, 3.8) is 0 Å². The number of hydrogen-bond donors (Lipinski definition) is 2. The van der Waals surface area contributed by atoms with Gasteiger partial charge in [0.05, 0.1) is 30.3 Å². The Morgan fingerprint density at radius 3 is 2.75 bits per heavy atom. The fourth-order valence-corrected chi connectivity index (χ4v) is 2.58. The predicted molar refractivity (Wildman–Crippen MR) is 91.8 cm³/mol. The molecular weight excluding hydrogens is 377 g/mol. The van der Waals surface area contributed by atoms with Crippen molar-refractivity contribution >= 4 is 22.8 Å². The van der Waals surface area contributed by atoms with Gasteiger partial charge < -0.3 is 10.1 Å². The van der Waals surface area contributed by atoms with Gasteiger partial charge in [-0.3, -0.25) is 4.98 Å². The topological polar surface area (TPSA) is 106 Å². The average molecular weight is 390 g/mol. The molecule has 0 fully saturated rings. The number of alkyl halides is 2. The van der Waals surface area contributed by atoms with Gasteiger partial charge in [0.2, 0.25) is 5.88 Å². The molecule has 4 heterocycles. The summed E-state index contributed by atoms with van der Waals surface area (Å²) in [6.07, 6.45) is 4.14. The molecule has 0 radical (unpaired) electrons. The highest BCUT2D eigenvalue weighted by atomic mass is 19.3. The van der Waals surface area contributed by atoms with E-state index >= 15 is 0 Å². The van der Waals surface area contributed by atoms with E-state index in [2.05, 4.69) is 40.3 Å². The van der Waals surface area contributed by atoms with Crippen molar-refractivity contribution in [2.75, 3.05) is 5.32 Å². The molecular formula is C16H13F3N8O. The van der Waals surface area contributed by atoms with Crippen LogP contribution < -0.4 is 10.1 Å². The average Bonchev–Trinajstić information content (AvgIpc) is 3.28. The third kappa shape index (κ3) is 3.56. The summed E-state index contributed by atoms with van der Waals surface area (Å²) in [6, 6.07) is 3.83. The summed E-state index contributed by atoms with van der Waals surface area (Å²) < 4.78 is 43.4. The normalized spacial score (nSPS) is 12.5. The first kappa shape index (κ1) is 17.7. The molecule has 4 aromatic rings. The van der Waals surface area contributed by atoms with Crippen molar-refractivity contribution in [2.24, 2.45) is 0 Å². The highest BCUT2D eigenvalue weighted by Gasteiger charge is 2.16. The monoisotopic (exact) mass is 390 g/mol. The van der Waals surface area contributed by atoms with E-state index in [0.717, 1.165) is 6.20 Å². The summed E-state index contributed by atoms with van der Waals surface area (Å²) in [5.74, 6) is -0.0680. The summed E-state index contributed by atoms with van der Waals surface area (Å²) in [5, 5.41) is 13.3. The maximum atomic E-state index is 13.1.